The summed E-state index contributed by atoms with van der Waals surface area (Å²) >= 11 is 2.07. The number of aryl methyl sites for hydroxylation is 2. The lowest BCUT2D eigenvalue weighted by Gasteiger charge is -2.30. The molecule has 2 heteroatoms. The number of fused-ring (bicyclic) bond motifs is 1. The second-order valence-electron chi connectivity index (χ2n) is 6.88. The molecule has 0 aromatic carbocycles. The van der Waals surface area contributed by atoms with E-state index in [4.69, 9.17) is 0 Å². The quantitative estimate of drug-likeness (QED) is 0.799. The first-order valence-electron chi connectivity index (χ1n) is 8.61. The maximum atomic E-state index is 3.89. The molecule has 1 fully saturated rings. The average molecular weight is 292 g/mol. The molecule has 1 N–H and O–H groups in total. The van der Waals surface area contributed by atoms with E-state index in [2.05, 4.69) is 36.6 Å². The molecule has 0 saturated heterocycles. The number of thiophene rings is 1. The maximum absolute atomic E-state index is 3.89. The molecule has 0 aliphatic heterocycles. The van der Waals surface area contributed by atoms with Crippen molar-refractivity contribution >= 4 is 11.3 Å². The zero-order chi connectivity index (χ0) is 13.9. The molecule has 1 saturated carbocycles. The van der Waals surface area contributed by atoms with Gasteiger partial charge in [-0.1, -0.05) is 19.3 Å². The highest BCUT2D eigenvalue weighted by atomic mass is 32.1. The van der Waals surface area contributed by atoms with Crippen LogP contribution in [0.1, 0.15) is 80.2 Å². The number of hydrogen-bond donors (Lipinski definition) is 1. The van der Waals surface area contributed by atoms with Crippen LogP contribution in [-0.2, 0) is 12.8 Å². The Balaban J connectivity index is 1.60. The summed E-state index contributed by atoms with van der Waals surface area (Å²) in [6.45, 7) is 4.76. The maximum Gasteiger partial charge on any atom is 0.0388 e. The first-order chi connectivity index (χ1) is 9.74. The molecule has 3 rings (SSSR count). The second kappa shape index (κ2) is 6.62. The van der Waals surface area contributed by atoms with Crippen LogP contribution >= 0.6 is 11.3 Å². The Morgan fingerprint density at radius 3 is 2.55 bits per heavy atom. The number of rotatable bonds is 4. The number of hydrogen-bond acceptors (Lipinski definition) is 2. The molecule has 1 heterocycles. The van der Waals surface area contributed by atoms with Crippen molar-refractivity contribution in [1.29, 1.82) is 0 Å². The zero-order valence-corrected chi connectivity index (χ0v) is 13.9. The Kier molecular flexibility index (Phi) is 4.83. The lowest BCUT2D eigenvalue weighted by molar-refractivity contribution is 0.269. The van der Waals surface area contributed by atoms with E-state index in [1.807, 2.05) is 0 Å². The fourth-order valence-corrected chi connectivity index (χ4v) is 5.24. The summed E-state index contributed by atoms with van der Waals surface area (Å²) in [5.74, 6) is 0.904. The van der Waals surface area contributed by atoms with Crippen molar-refractivity contribution in [3.8, 4) is 0 Å². The van der Waals surface area contributed by atoms with Crippen LogP contribution in [0.25, 0.3) is 0 Å². The predicted molar refractivity (Wildman–Crippen MR) is 88.5 cm³/mol. The third kappa shape index (κ3) is 3.28. The normalized spacial score (nSPS) is 23.3. The fourth-order valence-electron chi connectivity index (χ4n) is 3.97. The van der Waals surface area contributed by atoms with Crippen LogP contribution in [0.15, 0.2) is 6.07 Å². The minimum Gasteiger partial charge on any atom is -0.307 e. The molecule has 2 aliphatic carbocycles. The van der Waals surface area contributed by atoms with Crippen molar-refractivity contribution in [2.75, 3.05) is 0 Å². The first kappa shape index (κ1) is 14.6. The van der Waals surface area contributed by atoms with Gasteiger partial charge in [0.2, 0.25) is 0 Å². The van der Waals surface area contributed by atoms with Crippen molar-refractivity contribution in [2.24, 2.45) is 5.92 Å². The largest absolute Gasteiger partial charge is 0.307 e. The summed E-state index contributed by atoms with van der Waals surface area (Å²) in [6.07, 6.45) is 12.6. The molecule has 0 spiro atoms. The van der Waals surface area contributed by atoms with Gasteiger partial charge in [0.15, 0.2) is 0 Å². The Morgan fingerprint density at radius 2 is 1.80 bits per heavy atom. The first-order valence-corrected chi connectivity index (χ1v) is 9.43. The smallest absolute Gasteiger partial charge is 0.0388 e. The van der Waals surface area contributed by atoms with E-state index in [0.717, 1.165) is 5.92 Å². The highest BCUT2D eigenvalue weighted by Crippen LogP contribution is 2.34. The van der Waals surface area contributed by atoms with Crippen LogP contribution in [0.5, 0.6) is 0 Å². The molecule has 1 aromatic heterocycles. The molecular formula is C18H29NS. The summed E-state index contributed by atoms with van der Waals surface area (Å²) in [4.78, 5) is 3.24. The lowest BCUT2D eigenvalue weighted by atomic mass is 9.84. The highest BCUT2D eigenvalue weighted by molar-refractivity contribution is 7.12. The van der Waals surface area contributed by atoms with Gasteiger partial charge >= 0.3 is 0 Å². The van der Waals surface area contributed by atoms with Gasteiger partial charge in [-0.2, -0.15) is 0 Å². The molecule has 0 amide bonds. The van der Waals surface area contributed by atoms with Crippen molar-refractivity contribution in [1.82, 2.24) is 5.32 Å². The SMILES string of the molecule is CC(N[C@@H](C)C1CCCCC1)c1cc2c(s1)CCCC2. The Bertz CT molecular complexity index is 407. The van der Waals surface area contributed by atoms with Gasteiger partial charge in [-0.3, -0.25) is 0 Å². The molecule has 2 aliphatic rings. The Hall–Kier alpha value is -0.340. The van der Waals surface area contributed by atoms with Crippen molar-refractivity contribution in [3.63, 3.8) is 0 Å². The molecule has 2 atom stereocenters. The molecule has 1 aromatic rings. The van der Waals surface area contributed by atoms with Gasteiger partial charge in [0.1, 0.15) is 0 Å². The van der Waals surface area contributed by atoms with Crippen LogP contribution in [0.2, 0.25) is 0 Å². The highest BCUT2D eigenvalue weighted by Gasteiger charge is 2.23. The van der Waals surface area contributed by atoms with Gasteiger partial charge in [0.05, 0.1) is 0 Å². The molecule has 20 heavy (non-hydrogen) atoms. The van der Waals surface area contributed by atoms with Gasteiger partial charge in [-0.05, 0) is 69.9 Å². The topological polar surface area (TPSA) is 12.0 Å². The molecule has 1 unspecified atom stereocenters. The van der Waals surface area contributed by atoms with Gasteiger partial charge in [0.25, 0.3) is 0 Å². The molecule has 0 radical (unpaired) electrons. The van der Waals surface area contributed by atoms with E-state index >= 15 is 0 Å². The van der Waals surface area contributed by atoms with Gasteiger partial charge in [-0.25, -0.2) is 0 Å². The summed E-state index contributed by atoms with van der Waals surface area (Å²) in [7, 11) is 0. The standard InChI is InChI=1S/C18H29NS/c1-13(15-8-4-3-5-9-15)19-14(2)18-12-16-10-6-7-11-17(16)20-18/h12-15,19H,3-11H2,1-2H3/t13-,14?/m0/s1. The van der Waals surface area contributed by atoms with E-state index in [9.17, 15) is 0 Å². The van der Waals surface area contributed by atoms with Crippen LogP contribution < -0.4 is 5.32 Å². The van der Waals surface area contributed by atoms with E-state index < -0.39 is 0 Å². The van der Waals surface area contributed by atoms with E-state index in [1.165, 1.54) is 57.8 Å². The third-order valence-corrected chi connectivity index (χ3v) is 6.73. The van der Waals surface area contributed by atoms with E-state index in [0.29, 0.717) is 12.1 Å². The number of nitrogens with one attached hydrogen (secondary N) is 1. The summed E-state index contributed by atoms with van der Waals surface area (Å²) in [6, 6.07) is 3.69. The van der Waals surface area contributed by atoms with Crippen LogP contribution in [0, 0.1) is 5.92 Å². The molecule has 1 nitrogen and oxygen atoms in total. The molecular weight excluding hydrogens is 262 g/mol. The second-order valence-corrected chi connectivity index (χ2v) is 8.05. The van der Waals surface area contributed by atoms with Crippen LogP contribution in [0.3, 0.4) is 0 Å². The minimum atomic E-state index is 0.530. The summed E-state index contributed by atoms with van der Waals surface area (Å²) < 4.78 is 0. The average Bonchev–Trinajstić information content (AvgIpc) is 2.92. The monoisotopic (exact) mass is 291 g/mol. The van der Waals surface area contributed by atoms with Gasteiger partial charge < -0.3 is 5.32 Å². The fraction of sp³-hybridized carbons (Fsp3) is 0.778. The Morgan fingerprint density at radius 1 is 1.05 bits per heavy atom. The molecule has 0 bridgehead atoms. The summed E-state index contributed by atoms with van der Waals surface area (Å²) in [5, 5.41) is 3.89. The predicted octanol–water partition coefficient (Wildman–Crippen LogP) is 5.25. The Labute approximate surface area is 128 Å². The van der Waals surface area contributed by atoms with Crippen LogP contribution in [-0.4, -0.2) is 6.04 Å². The third-order valence-electron chi connectivity index (χ3n) is 5.31. The van der Waals surface area contributed by atoms with Gasteiger partial charge in [0, 0.05) is 21.8 Å². The van der Waals surface area contributed by atoms with Gasteiger partial charge in [-0.15, -0.1) is 11.3 Å². The van der Waals surface area contributed by atoms with E-state index in [1.54, 1.807) is 15.3 Å². The zero-order valence-electron chi connectivity index (χ0n) is 13.1. The minimum absolute atomic E-state index is 0.530. The van der Waals surface area contributed by atoms with Crippen molar-refractivity contribution in [2.45, 2.75) is 83.7 Å². The van der Waals surface area contributed by atoms with E-state index in [-0.39, 0.29) is 0 Å². The summed E-state index contributed by atoms with van der Waals surface area (Å²) in [5.41, 5.74) is 1.65. The van der Waals surface area contributed by atoms with Crippen molar-refractivity contribution in [3.05, 3.63) is 21.4 Å². The molecule has 112 valence electrons. The lowest BCUT2D eigenvalue weighted by Crippen LogP contribution is -2.36. The van der Waals surface area contributed by atoms with Crippen LogP contribution in [0.4, 0.5) is 0 Å². The van der Waals surface area contributed by atoms with Crippen molar-refractivity contribution < 1.29 is 0 Å².